The maximum absolute atomic E-state index is 12.2. The van der Waals surface area contributed by atoms with Gasteiger partial charge in [-0.2, -0.15) is 0 Å². The fourth-order valence-electron chi connectivity index (χ4n) is 2.85. The molecule has 0 N–H and O–H groups in total. The zero-order valence-corrected chi connectivity index (χ0v) is 18.5. The second-order valence-electron chi connectivity index (χ2n) is 6.62. The van der Waals surface area contributed by atoms with E-state index in [2.05, 4.69) is 13.0 Å². The number of thiocarbonyl (C=S) groups is 1. The van der Waals surface area contributed by atoms with Crippen LogP contribution in [0.1, 0.15) is 16.7 Å². The number of aryl methyl sites for hydroxylation is 2. The summed E-state index contributed by atoms with van der Waals surface area (Å²) >= 11 is 6.45. The van der Waals surface area contributed by atoms with Crippen LogP contribution in [-0.2, 0) is 4.79 Å². The number of benzene rings is 2. The number of nitrogens with zero attached hydrogens (tertiary/aromatic N) is 1. The van der Waals surface area contributed by atoms with Crippen LogP contribution in [0.4, 0.5) is 0 Å². The summed E-state index contributed by atoms with van der Waals surface area (Å²) in [4.78, 5) is 14.2. The van der Waals surface area contributed by atoms with Crippen LogP contribution in [0.5, 0.6) is 17.2 Å². The molecular formula is C22H23NO4S2. The Hall–Kier alpha value is -2.51. The first-order valence-electron chi connectivity index (χ1n) is 9.11. The van der Waals surface area contributed by atoms with E-state index < -0.39 is 0 Å². The molecule has 0 saturated carbocycles. The van der Waals surface area contributed by atoms with Gasteiger partial charge in [0.1, 0.15) is 23.3 Å². The molecule has 29 heavy (non-hydrogen) atoms. The smallest absolute Gasteiger partial charge is 0.265 e. The van der Waals surface area contributed by atoms with Gasteiger partial charge < -0.3 is 14.2 Å². The average molecular weight is 430 g/mol. The molecule has 1 heterocycles. The molecule has 5 nitrogen and oxygen atoms in total. The van der Waals surface area contributed by atoms with E-state index in [4.69, 9.17) is 26.4 Å². The quantitative estimate of drug-likeness (QED) is 0.364. The van der Waals surface area contributed by atoms with Gasteiger partial charge in [-0.05, 0) is 49.2 Å². The second-order valence-corrected chi connectivity index (χ2v) is 8.29. The molecule has 1 aliphatic heterocycles. The van der Waals surface area contributed by atoms with Crippen molar-refractivity contribution < 1.29 is 19.0 Å². The van der Waals surface area contributed by atoms with Gasteiger partial charge in [-0.3, -0.25) is 9.69 Å². The Labute approximate surface area is 180 Å². The highest BCUT2D eigenvalue weighted by molar-refractivity contribution is 8.26. The van der Waals surface area contributed by atoms with Gasteiger partial charge in [0.05, 0.1) is 12.0 Å². The molecule has 1 saturated heterocycles. The third-order valence-electron chi connectivity index (χ3n) is 4.40. The van der Waals surface area contributed by atoms with Gasteiger partial charge in [0, 0.05) is 7.05 Å². The zero-order valence-electron chi connectivity index (χ0n) is 16.9. The molecule has 2 aromatic carbocycles. The van der Waals surface area contributed by atoms with E-state index in [1.54, 1.807) is 20.2 Å². The van der Waals surface area contributed by atoms with E-state index in [1.807, 2.05) is 37.3 Å². The molecule has 7 heteroatoms. The number of carbonyl (C=O) groups excluding carboxylic acids is 1. The number of hydrogen-bond acceptors (Lipinski definition) is 6. The van der Waals surface area contributed by atoms with Gasteiger partial charge >= 0.3 is 0 Å². The number of methoxy groups -OCH3 is 1. The monoisotopic (exact) mass is 429 g/mol. The highest BCUT2D eigenvalue weighted by atomic mass is 32.2. The van der Waals surface area contributed by atoms with E-state index >= 15 is 0 Å². The Morgan fingerprint density at radius 1 is 1.03 bits per heavy atom. The summed E-state index contributed by atoms with van der Waals surface area (Å²) in [6.45, 7) is 4.89. The van der Waals surface area contributed by atoms with Gasteiger partial charge in [-0.1, -0.05) is 47.7 Å². The Balaban J connectivity index is 1.62. The summed E-state index contributed by atoms with van der Waals surface area (Å²) in [5.41, 5.74) is 3.15. The molecule has 0 unspecified atom stereocenters. The molecule has 0 radical (unpaired) electrons. The number of amides is 1. The molecule has 1 fully saturated rings. The standard InChI is InChI=1S/C22H23NO4S2/c1-14-5-7-17(15(2)11-14)26-9-10-27-18-8-6-16(12-19(18)25-4)13-20-21(24)23(3)22(28)29-20/h5-8,11-13H,9-10H2,1-4H3/b20-13+. The number of carbonyl (C=O) groups is 1. The predicted molar refractivity (Wildman–Crippen MR) is 121 cm³/mol. The van der Waals surface area contributed by atoms with E-state index in [0.717, 1.165) is 16.9 Å². The summed E-state index contributed by atoms with van der Waals surface area (Å²) in [5.74, 6) is 1.98. The van der Waals surface area contributed by atoms with Crippen LogP contribution in [0.25, 0.3) is 6.08 Å². The lowest BCUT2D eigenvalue weighted by atomic mass is 10.1. The van der Waals surface area contributed by atoms with Gasteiger partial charge in [0.15, 0.2) is 11.5 Å². The third-order valence-corrected chi connectivity index (χ3v) is 5.89. The first kappa shape index (κ1) is 21.2. The van der Waals surface area contributed by atoms with Crippen molar-refractivity contribution in [2.45, 2.75) is 13.8 Å². The lowest BCUT2D eigenvalue weighted by Gasteiger charge is -2.13. The fraction of sp³-hybridized carbons (Fsp3) is 0.273. The summed E-state index contributed by atoms with van der Waals surface area (Å²) in [7, 11) is 3.26. The molecule has 1 aliphatic rings. The van der Waals surface area contributed by atoms with Gasteiger partial charge in [-0.15, -0.1) is 0 Å². The molecule has 0 bridgehead atoms. The number of thioether (sulfide) groups is 1. The number of hydrogen-bond donors (Lipinski definition) is 0. The topological polar surface area (TPSA) is 48.0 Å². The summed E-state index contributed by atoms with van der Waals surface area (Å²) in [5, 5.41) is 0. The minimum Gasteiger partial charge on any atom is -0.493 e. The van der Waals surface area contributed by atoms with Crippen molar-refractivity contribution in [1.82, 2.24) is 4.90 Å². The first-order valence-corrected chi connectivity index (χ1v) is 10.3. The molecule has 0 aliphatic carbocycles. The van der Waals surface area contributed by atoms with Crippen molar-refractivity contribution in [2.75, 3.05) is 27.4 Å². The summed E-state index contributed by atoms with van der Waals surface area (Å²) in [6, 6.07) is 11.6. The summed E-state index contributed by atoms with van der Waals surface area (Å²) in [6.07, 6.45) is 1.80. The maximum atomic E-state index is 12.2. The number of likely N-dealkylation sites (N-methyl/N-ethyl adjacent to an activating group) is 1. The van der Waals surface area contributed by atoms with E-state index in [0.29, 0.717) is 33.9 Å². The number of rotatable bonds is 7. The molecule has 1 amide bonds. The molecule has 0 spiro atoms. The van der Waals surface area contributed by atoms with Crippen molar-refractivity contribution in [3.8, 4) is 17.2 Å². The second kappa shape index (κ2) is 9.33. The molecule has 0 atom stereocenters. The highest BCUT2D eigenvalue weighted by Gasteiger charge is 2.28. The first-order chi connectivity index (χ1) is 13.9. The Kier molecular flexibility index (Phi) is 6.82. The molecule has 2 aromatic rings. The average Bonchev–Trinajstić information content (AvgIpc) is 2.94. The highest BCUT2D eigenvalue weighted by Crippen LogP contribution is 2.34. The van der Waals surface area contributed by atoms with Crippen LogP contribution < -0.4 is 14.2 Å². The molecule has 0 aromatic heterocycles. The SMILES string of the molecule is COc1cc(/C=C2/SC(=S)N(C)C2=O)ccc1OCCOc1ccc(C)cc1C. The van der Waals surface area contributed by atoms with Crippen LogP contribution in [-0.4, -0.2) is 42.5 Å². The summed E-state index contributed by atoms with van der Waals surface area (Å²) < 4.78 is 17.6. The van der Waals surface area contributed by atoms with Crippen LogP contribution in [0.2, 0.25) is 0 Å². The van der Waals surface area contributed by atoms with Gasteiger partial charge in [0.2, 0.25) is 0 Å². The van der Waals surface area contributed by atoms with E-state index in [9.17, 15) is 4.79 Å². The van der Waals surface area contributed by atoms with Crippen LogP contribution >= 0.6 is 24.0 Å². The fourth-order valence-corrected chi connectivity index (χ4v) is 4.03. The molecule has 3 rings (SSSR count). The van der Waals surface area contributed by atoms with Crippen molar-refractivity contribution in [3.63, 3.8) is 0 Å². The minimum atomic E-state index is -0.0946. The maximum Gasteiger partial charge on any atom is 0.265 e. The third kappa shape index (κ3) is 5.10. The van der Waals surface area contributed by atoms with Gasteiger partial charge in [0.25, 0.3) is 5.91 Å². The Morgan fingerprint density at radius 2 is 1.72 bits per heavy atom. The molecular weight excluding hydrogens is 406 g/mol. The van der Waals surface area contributed by atoms with Crippen LogP contribution in [0, 0.1) is 13.8 Å². The normalized spacial score (nSPS) is 15.2. The molecule has 152 valence electrons. The van der Waals surface area contributed by atoms with Crippen molar-refractivity contribution in [3.05, 3.63) is 58.0 Å². The van der Waals surface area contributed by atoms with Crippen molar-refractivity contribution >= 4 is 40.3 Å². The van der Waals surface area contributed by atoms with Crippen LogP contribution in [0.3, 0.4) is 0 Å². The lowest BCUT2D eigenvalue weighted by Crippen LogP contribution is -2.22. The largest absolute Gasteiger partial charge is 0.493 e. The Morgan fingerprint density at radius 3 is 2.34 bits per heavy atom. The number of ether oxygens (including phenoxy) is 3. The van der Waals surface area contributed by atoms with Crippen molar-refractivity contribution in [2.24, 2.45) is 0 Å². The minimum absolute atomic E-state index is 0.0946. The predicted octanol–water partition coefficient (Wildman–Crippen LogP) is 4.60. The zero-order chi connectivity index (χ0) is 21.0. The lowest BCUT2D eigenvalue weighted by molar-refractivity contribution is -0.121. The van der Waals surface area contributed by atoms with Gasteiger partial charge in [-0.25, -0.2) is 0 Å². The van der Waals surface area contributed by atoms with E-state index in [-0.39, 0.29) is 5.91 Å². The van der Waals surface area contributed by atoms with Crippen molar-refractivity contribution in [1.29, 1.82) is 0 Å². The van der Waals surface area contributed by atoms with Crippen LogP contribution in [0.15, 0.2) is 41.3 Å². The Bertz CT molecular complexity index is 971. The van der Waals surface area contributed by atoms with E-state index in [1.165, 1.54) is 22.2 Å².